The van der Waals surface area contributed by atoms with Gasteiger partial charge in [0.05, 0.1) is 11.0 Å². The predicted octanol–water partition coefficient (Wildman–Crippen LogP) is 5.06. The van der Waals surface area contributed by atoms with Crippen LogP contribution in [0.15, 0.2) is 66.7 Å². The van der Waals surface area contributed by atoms with Gasteiger partial charge in [-0.1, -0.05) is 36.4 Å². The van der Waals surface area contributed by atoms with Gasteiger partial charge in [-0.25, -0.2) is 8.78 Å². The van der Waals surface area contributed by atoms with E-state index in [1.54, 1.807) is 0 Å². The third kappa shape index (κ3) is 1.74. The summed E-state index contributed by atoms with van der Waals surface area (Å²) < 4.78 is 29.8. The lowest BCUT2D eigenvalue weighted by Crippen LogP contribution is -1.93. The van der Waals surface area contributed by atoms with Crippen LogP contribution in [-0.2, 0) is 0 Å². The summed E-state index contributed by atoms with van der Waals surface area (Å²) in [5.74, 6) is -1.10. The number of hydrogen-bond donors (Lipinski definition) is 0. The zero-order chi connectivity index (χ0) is 14.4. The van der Waals surface area contributed by atoms with E-state index in [2.05, 4.69) is 0 Å². The lowest BCUT2D eigenvalue weighted by atomic mass is 10.1. The van der Waals surface area contributed by atoms with E-state index < -0.39 is 11.6 Å². The van der Waals surface area contributed by atoms with Crippen LogP contribution < -0.4 is 0 Å². The Balaban J connectivity index is 2.27. The second-order valence-electron chi connectivity index (χ2n) is 4.97. The molecule has 1 nitrogen and oxygen atoms in total. The number of para-hydroxylation sites is 2. The lowest BCUT2D eigenvalue weighted by Gasteiger charge is -2.07. The summed E-state index contributed by atoms with van der Waals surface area (Å²) in [7, 11) is 0. The molecule has 0 unspecified atom stereocenters. The number of aromatic nitrogens is 1. The van der Waals surface area contributed by atoms with Gasteiger partial charge < -0.3 is 4.57 Å². The Bertz CT molecular complexity index is 955. The second kappa shape index (κ2) is 4.42. The van der Waals surface area contributed by atoms with Crippen molar-refractivity contribution in [2.75, 3.05) is 0 Å². The molecule has 3 aromatic carbocycles. The van der Waals surface area contributed by atoms with Gasteiger partial charge in [0.15, 0.2) is 0 Å². The molecule has 21 heavy (non-hydrogen) atoms. The molecule has 0 fully saturated rings. The highest BCUT2D eigenvalue weighted by Gasteiger charge is 2.16. The number of fused-ring (bicyclic) bond motifs is 3. The van der Waals surface area contributed by atoms with Gasteiger partial charge in [-0.3, -0.25) is 0 Å². The van der Waals surface area contributed by atoms with Crippen molar-refractivity contribution < 1.29 is 8.78 Å². The number of rotatable bonds is 1. The minimum atomic E-state index is -0.569. The van der Waals surface area contributed by atoms with Crippen molar-refractivity contribution in [3.63, 3.8) is 0 Å². The molecular formula is C18H11F2N. The van der Waals surface area contributed by atoms with Gasteiger partial charge in [-0.05, 0) is 24.3 Å². The minimum absolute atomic E-state index is 0.454. The monoisotopic (exact) mass is 279 g/mol. The molecule has 0 aliphatic carbocycles. The Morgan fingerprint density at radius 1 is 0.714 bits per heavy atom. The lowest BCUT2D eigenvalue weighted by molar-refractivity contribution is 0.592. The predicted molar refractivity (Wildman–Crippen MR) is 80.7 cm³/mol. The maximum absolute atomic E-state index is 14.3. The van der Waals surface area contributed by atoms with Gasteiger partial charge in [0.25, 0.3) is 0 Å². The van der Waals surface area contributed by atoms with Crippen LogP contribution in [0, 0.1) is 11.6 Å². The molecule has 1 aromatic heterocycles. The third-order valence-electron chi connectivity index (χ3n) is 3.70. The third-order valence-corrected chi connectivity index (χ3v) is 3.70. The quantitative estimate of drug-likeness (QED) is 0.459. The first-order valence-electron chi connectivity index (χ1n) is 6.69. The summed E-state index contributed by atoms with van der Waals surface area (Å²) in [6.07, 6.45) is 0. The Labute approximate surface area is 120 Å². The molecule has 0 atom stereocenters. The average Bonchev–Trinajstić information content (AvgIpc) is 2.82. The molecule has 0 saturated carbocycles. The summed E-state index contributed by atoms with van der Waals surface area (Å²) in [6.45, 7) is 0. The van der Waals surface area contributed by atoms with Crippen molar-refractivity contribution in [2.45, 2.75) is 0 Å². The first-order chi connectivity index (χ1) is 10.3. The Kier molecular flexibility index (Phi) is 2.54. The molecule has 0 bridgehead atoms. The van der Waals surface area contributed by atoms with Crippen LogP contribution in [0.2, 0.25) is 0 Å². The largest absolute Gasteiger partial charge is 0.309 e. The number of halogens is 2. The highest BCUT2D eigenvalue weighted by Crippen LogP contribution is 2.33. The van der Waals surface area contributed by atoms with E-state index in [0.29, 0.717) is 10.9 Å². The van der Waals surface area contributed by atoms with Gasteiger partial charge in [-0.15, -0.1) is 0 Å². The molecule has 0 radical (unpaired) electrons. The first kappa shape index (κ1) is 12.1. The van der Waals surface area contributed by atoms with Crippen LogP contribution in [0.4, 0.5) is 8.78 Å². The maximum atomic E-state index is 14.3. The fraction of sp³-hybridized carbons (Fsp3) is 0. The van der Waals surface area contributed by atoms with Crippen molar-refractivity contribution in [1.82, 2.24) is 4.57 Å². The Hall–Kier alpha value is -2.68. The van der Waals surface area contributed by atoms with Crippen LogP contribution in [0.1, 0.15) is 0 Å². The minimum Gasteiger partial charge on any atom is -0.309 e. The van der Waals surface area contributed by atoms with Gasteiger partial charge in [0, 0.05) is 22.5 Å². The highest BCUT2D eigenvalue weighted by atomic mass is 19.1. The average molecular weight is 279 g/mol. The normalized spacial score (nSPS) is 11.3. The van der Waals surface area contributed by atoms with E-state index in [-0.39, 0.29) is 0 Å². The van der Waals surface area contributed by atoms with Crippen molar-refractivity contribution in [3.8, 4) is 5.69 Å². The Morgan fingerprint density at radius 2 is 1.43 bits per heavy atom. The number of hydrogen-bond acceptors (Lipinski definition) is 0. The van der Waals surface area contributed by atoms with Crippen LogP contribution in [-0.4, -0.2) is 4.57 Å². The van der Waals surface area contributed by atoms with Crippen LogP contribution >= 0.6 is 0 Å². The first-order valence-corrected chi connectivity index (χ1v) is 6.69. The zero-order valence-corrected chi connectivity index (χ0v) is 11.1. The molecule has 1 heterocycles. The standard InChI is InChI=1S/C18H11F2N/c19-12-10-15(20)18-14-8-4-5-9-16(14)21(17(18)11-12)13-6-2-1-3-7-13/h1-11H. The number of benzene rings is 3. The van der Waals surface area contributed by atoms with Gasteiger partial charge >= 0.3 is 0 Å². The summed E-state index contributed by atoms with van der Waals surface area (Å²) in [6, 6.07) is 19.4. The molecule has 0 spiro atoms. The highest BCUT2D eigenvalue weighted by molar-refractivity contribution is 6.09. The topological polar surface area (TPSA) is 4.93 Å². The van der Waals surface area contributed by atoms with Gasteiger partial charge in [-0.2, -0.15) is 0 Å². The van der Waals surface area contributed by atoms with Crippen LogP contribution in [0.25, 0.3) is 27.5 Å². The number of nitrogens with zero attached hydrogens (tertiary/aromatic N) is 1. The van der Waals surface area contributed by atoms with Gasteiger partial charge in [0.2, 0.25) is 0 Å². The van der Waals surface area contributed by atoms with Crippen molar-refractivity contribution in [1.29, 1.82) is 0 Å². The van der Waals surface area contributed by atoms with E-state index in [1.165, 1.54) is 6.07 Å². The van der Waals surface area contributed by atoms with Crippen LogP contribution in [0.3, 0.4) is 0 Å². The van der Waals surface area contributed by atoms with Crippen molar-refractivity contribution in [2.24, 2.45) is 0 Å². The molecule has 102 valence electrons. The van der Waals surface area contributed by atoms with Gasteiger partial charge in [0.1, 0.15) is 11.6 Å². The van der Waals surface area contributed by atoms with Crippen LogP contribution in [0.5, 0.6) is 0 Å². The molecule has 4 aromatic rings. The van der Waals surface area contributed by atoms with E-state index in [4.69, 9.17) is 0 Å². The molecule has 0 aliphatic rings. The molecule has 0 saturated heterocycles. The molecular weight excluding hydrogens is 268 g/mol. The molecule has 0 aliphatic heterocycles. The fourth-order valence-electron chi connectivity index (χ4n) is 2.87. The van der Waals surface area contributed by atoms with E-state index in [1.807, 2.05) is 59.2 Å². The smallest absolute Gasteiger partial charge is 0.136 e. The van der Waals surface area contributed by atoms with Crippen molar-refractivity contribution in [3.05, 3.63) is 78.4 Å². The molecule has 4 rings (SSSR count). The maximum Gasteiger partial charge on any atom is 0.136 e. The summed E-state index contributed by atoms with van der Waals surface area (Å²) in [5.41, 5.74) is 2.29. The summed E-state index contributed by atoms with van der Waals surface area (Å²) >= 11 is 0. The molecule has 0 amide bonds. The summed E-state index contributed by atoms with van der Waals surface area (Å²) in [4.78, 5) is 0. The van der Waals surface area contributed by atoms with E-state index in [0.717, 1.165) is 22.7 Å². The summed E-state index contributed by atoms with van der Waals surface area (Å²) in [5, 5.41) is 1.24. The molecule has 0 N–H and O–H groups in total. The SMILES string of the molecule is Fc1cc(F)c2c3ccccc3n(-c3ccccc3)c2c1. The van der Waals surface area contributed by atoms with Crippen molar-refractivity contribution >= 4 is 21.8 Å². The van der Waals surface area contributed by atoms with E-state index >= 15 is 0 Å². The second-order valence-corrected chi connectivity index (χ2v) is 4.97. The fourth-order valence-corrected chi connectivity index (χ4v) is 2.87. The molecule has 3 heteroatoms. The Morgan fingerprint density at radius 3 is 2.24 bits per heavy atom. The zero-order valence-electron chi connectivity index (χ0n) is 11.1. The van der Waals surface area contributed by atoms with E-state index in [9.17, 15) is 8.78 Å².